The highest BCUT2D eigenvalue weighted by atomic mass is 32.2. The average Bonchev–Trinajstić information content (AvgIpc) is 2.98. The van der Waals surface area contributed by atoms with Gasteiger partial charge in [-0.15, -0.1) is 0 Å². The SMILES string of the molecule is Cc1ncoc1-c1noc([C@@H]2C[C@H]2NS(=O)(=O)c2ccccc2)n1. The summed E-state index contributed by atoms with van der Waals surface area (Å²) in [6, 6.07) is 7.99. The second-order valence-electron chi connectivity index (χ2n) is 5.61. The molecule has 0 saturated heterocycles. The van der Waals surface area contributed by atoms with Gasteiger partial charge >= 0.3 is 0 Å². The van der Waals surface area contributed by atoms with E-state index in [1.54, 1.807) is 37.3 Å². The number of rotatable bonds is 5. The standard InChI is InChI=1S/C15H14N4O4S/c1-9-13(22-8-16-9)14-17-15(23-18-14)11-7-12(11)19-24(20,21)10-5-3-2-4-6-10/h2-6,8,11-12,19H,7H2,1H3/t11-,12-/m1/s1. The van der Waals surface area contributed by atoms with Crippen molar-refractivity contribution in [1.82, 2.24) is 19.8 Å². The zero-order chi connectivity index (χ0) is 16.7. The highest BCUT2D eigenvalue weighted by Crippen LogP contribution is 2.41. The van der Waals surface area contributed by atoms with Crippen molar-refractivity contribution in [3.63, 3.8) is 0 Å². The van der Waals surface area contributed by atoms with E-state index in [2.05, 4.69) is 19.8 Å². The van der Waals surface area contributed by atoms with Gasteiger partial charge in [-0.2, -0.15) is 4.98 Å². The highest BCUT2D eigenvalue weighted by Gasteiger charge is 2.45. The fraction of sp³-hybridized carbons (Fsp3) is 0.267. The van der Waals surface area contributed by atoms with E-state index in [1.165, 1.54) is 6.39 Å². The van der Waals surface area contributed by atoms with Gasteiger partial charge in [0.25, 0.3) is 0 Å². The minimum atomic E-state index is -3.55. The maximum atomic E-state index is 12.3. The molecule has 1 fully saturated rings. The van der Waals surface area contributed by atoms with Gasteiger partial charge < -0.3 is 8.94 Å². The van der Waals surface area contributed by atoms with Crippen LogP contribution >= 0.6 is 0 Å². The first-order valence-electron chi connectivity index (χ1n) is 7.36. The monoisotopic (exact) mass is 346 g/mol. The van der Waals surface area contributed by atoms with Crippen molar-refractivity contribution >= 4 is 10.0 Å². The summed E-state index contributed by atoms with van der Waals surface area (Å²) in [5.41, 5.74) is 0.666. The Morgan fingerprint density at radius 2 is 2.04 bits per heavy atom. The van der Waals surface area contributed by atoms with Crippen LogP contribution in [-0.2, 0) is 10.0 Å². The van der Waals surface area contributed by atoms with Gasteiger partial charge in [-0.25, -0.2) is 18.1 Å². The fourth-order valence-electron chi connectivity index (χ4n) is 2.46. The fourth-order valence-corrected chi connectivity index (χ4v) is 3.77. The molecule has 24 heavy (non-hydrogen) atoms. The highest BCUT2D eigenvalue weighted by molar-refractivity contribution is 7.89. The summed E-state index contributed by atoms with van der Waals surface area (Å²) in [4.78, 5) is 8.50. The number of aryl methyl sites for hydroxylation is 1. The molecule has 0 radical (unpaired) electrons. The van der Waals surface area contributed by atoms with E-state index in [1.807, 2.05) is 0 Å². The second-order valence-corrected chi connectivity index (χ2v) is 7.32. The average molecular weight is 346 g/mol. The van der Waals surface area contributed by atoms with E-state index in [9.17, 15) is 8.42 Å². The van der Waals surface area contributed by atoms with Gasteiger partial charge in [-0.3, -0.25) is 0 Å². The van der Waals surface area contributed by atoms with Crippen molar-refractivity contribution in [3.05, 3.63) is 48.3 Å². The van der Waals surface area contributed by atoms with Gasteiger partial charge in [0, 0.05) is 6.04 Å². The van der Waals surface area contributed by atoms with Crippen molar-refractivity contribution in [1.29, 1.82) is 0 Å². The summed E-state index contributed by atoms with van der Waals surface area (Å²) in [7, 11) is -3.55. The number of hydrogen-bond donors (Lipinski definition) is 1. The van der Waals surface area contributed by atoms with Crippen LogP contribution in [0.1, 0.15) is 23.9 Å². The Morgan fingerprint density at radius 1 is 1.25 bits per heavy atom. The first-order chi connectivity index (χ1) is 11.5. The largest absolute Gasteiger partial charge is 0.440 e. The maximum absolute atomic E-state index is 12.3. The van der Waals surface area contributed by atoms with Gasteiger partial charge in [0.2, 0.25) is 21.7 Å². The van der Waals surface area contributed by atoms with Crippen LogP contribution in [0.5, 0.6) is 0 Å². The van der Waals surface area contributed by atoms with Crippen LogP contribution in [0.15, 0.2) is 50.6 Å². The molecule has 1 N–H and O–H groups in total. The molecule has 2 aromatic heterocycles. The van der Waals surface area contributed by atoms with Crippen LogP contribution in [0.3, 0.4) is 0 Å². The van der Waals surface area contributed by atoms with E-state index < -0.39 is 10.0 Å². The molecule has 1 aliphatic carbocycles. The molecule has 0 amide bonds. The molecule has 2 atom stereocenters. The summed E-state index contributed by atoms with van der Waals surface area (Å²) >= 11 is 0. The summed E-state index contributed by atoms with van der Waals surface area (Å²) in [6.07, 6.45) is 1.93. The van der Waals surface area contributed by atoms with Crippen molar-refractivity contribution in [3.8, 4) is 11.6 Å². The third-order valence-corrected chi connectivity index (χ3v) is 5.36. The van der Waals surface area contributed by atoms with Gasteiger partial charge in [-0.05, 0) is 25.5 Å². The van der Waals surface area contributed by atoms with Crippen LogP contribution in [0.4, 0.5) is 0 Å². The summed E-state index contributed by atoms with van der Waals surface area (Å²) in [5.74, 6) is 1.03. The molecule has 9 heteroatoms. The van der Waals surface area contributed by atoms with Gasteiger partial charge in [0.1, 0.15) is 0 Å². The molecule has 1 saturated carbocycles. The summed E-state index contributed by atoms with van der Waals surface area (Å²) in [5, 5.41) is 3.87. The first-order valence-corrected chi connectivity index (χ1v) is 8.84. The molecule has 3 aromatic rings. The Labute approximate surface area is 138 Å². The Kier molecular flexibility index (Phi) is 3.47. The van der Waals surface area contributed by atoms with Gasteiger partial charge in [0.05, 0.1) is 16.5 Å². The number of nitrogens with zero attached hydrogens (tertiary/aromatic N) is 3. The number of aromatic nitrogens is 3. The summed E-state index contributed by atoms with van der Waals surface area (Å²) in [6.45, 7) is 1.78. The van der Waals surface area contributed by atoms with Crippen LogP contribution in [0.25, 0.3) is 11.6 Å². The van der Waals surface area contributed by atoms with Crippen LogP contribution in [0, 0.1) is 6.92 Å². The number of oxazole rings is 1. The minimum Gasteiger partial charge on any atom is -0.440 e. The lowest BCUT2D eigenvalue weighted by Gasteiger charge is -2.04. The number of benzene rings is 1. The molecule has 1 aliphatic rings. The van der Waals surface area contributed by atoms with Gasteiger partial charge in [0.15, 0.2) is 12.2 Å². The number of nitrogens with one attached hydrogen (secondary N) is 1. The van der Waals surface area contributed by atoms with Crippen molar-refractivity contribution in [2.45, 2.75) is 30.2 Å². The van der Waals surface area contributed by atoms with Crippen molar-refractivity contribution in [2.75, 3.05) is 0 Å². The predicted molar refractivity (Wildman–Crippen MR) is 82.4 cm³/mol. The molecule has 8 nitrogen and oxygen atoms in total. The molecule has 0 spiro atoms. The molecular weight excluding hydrogens is 332 g/mol. The molecule has 124 valence electrons. The van der Waals surface area contributed by atoms with E-state index in [4.69, 9.17) is 8.94 Å². The lowest BCUT2D eigenvalue weighted by molar-refractivity contribution is 0.376. The molecule has 1 aromatic carbocycles. The Bertz CT molecular complexity index is 964. The third kappa shape index (κ3) is 2.72. The quantitative estimate of drug-likeness (QED) is 0.750. The number of hydrogen-bond acceptors (Lipinski definition) is 7. The van der Waals surface area contributed by atoms with Crippen LogP contribution in [0.2, 0.25) is 0 Å². The molecule has 0 aliphatic heterocycles. The predicted octanol–water partition coefficient (Wildman–Crippen LogP) is 1.87. The summed E-state index contributed by atoms with van der Waals surface area (Å²) < 4.78 is 37.7. The van der Waals surface area contributed by atoms with E-state index in [0.717, 1.165) is 0 Å². The lowest BCUT2D eigenvalue weighted by atomic mass is 10.3. The zero-order valence-corrected chi connectivity index (χ0v) is 13.5. The number of sulfonamides is 1. The Hall–Kier alpha value is -2.52. The molecule has 2 heterocycles. The molecule has 4 rings (SSSR count). The van der Waals surface area contributed by atoms with Crippen molar-refractivity contribution in [2.24, 2.45) is 0 Å². The molecule has 0 unspecified atom stereocenters. The van der Waals surface area contributed by atoms with E-state index in [0.29, 0.717) is 29.6 Å². The van der Waals surface area contributed by atoms with Crippen molar-refractivity contribution < 1.29 is 17.4 Å². The minimum absolute atomic E-state index is 0.132. The van der Waals surface area contributed by atoms with E-state index >= 15 is 0 Å². The topological polar surface area (TPSA) is 111 Å². The zero-order valence-electron chi connectivity index (χ0n) is 12.7. The van der Waals surface area contributed by atoms with Crippen LogP contribution < -0.4 is 4.72 Å². The second kappa shape index (κ2) is 5.53. The molecular formula is C15H14N4O4S. The van der Waals surface area contributed by atoms with E-state index in [-0.39, 0.29) is 16.9 Å². The lowest BCUT2D eigenvalue weighted by Crippen LogP contribution is -2.26. The Morgan fingerprint density at radius 3 is 2.75 bits per heavy atom. The van der Waals surface area contributed by atoms with Gasteiger partial charge in [-0.1, -0.05) is 23.4 Å². The first kappa shape index (κ1) is 15.0. The third-order valence-electron chi connectivity index (χ3n) is 3.86. The molecule has 0 bridgehead atoms. The van der Waals surface area contributed by atoms with Crippen LogP contribution in [-0.4, -0.2) is 29.6 Å². The maximum Gasteiger partial charge on any atom is 0.240 e. The normalized spacial score (nSPS) is 20.2. The Balaban J connectivity index is 1.48. The smallest absolute Gasteiger partial charge is 0.240 e.